The van der Waals surface area contributed by atoms with E-state index in [-0.39, 0.29) is 12.1 Å². The molecule has 1 N–H and O–H groups in total. The molecular weight excluding hydrogens is 340 g/mol. The maximum absolute atomic E-state index is 12.8. The summed E-state index contributed by atoms with van der Waals surface area (Å²) in [4.78, 5) is 19.5. The van der Waals surface area contributed by atoms with Crippen LogP contribution in [0.1, 0.15) is 24.0 Å². The van der Waals surface area contributed by atoms with Gasteiger partial charge in [0.25, 0.3) is 0 Å². The molecular formula is C21H34N4O2. The van der Waals surface area contributed by atoms with Crippen molar-refractivity contribution in [2.45, 2.75) is 32.4 Å². The maximum Gasteiger partial charge on any atom is 0.317 e. The Morgan fingerprint density at radius 3 is 2.81 bits per heavy atom. The molecule has 2 heterocycles. The second kappa shape index (κ2) is 10.1. The molecule has 1 aromatic carbocycles. The zero-order chi connectivity index (χ0) is 19.1. The fourth-order valence-corrected chi connectivity index (χ4v) is 3.79. The smallest absolute Gasteiger partial charge is 0.317 e. The van der Waals surface area contributed by atoms with Gasteiger partial charge >= 0.3 is 6.03 Å². The number of urea groups is 1. The van der Waals surface area contributed by atoms with Crippen molar-refractivity contribution in [1.82, 2.24) is 20.0 Å². The summed E-state index contributed by atoms with van der Waals surface area (Å²) in [6, 6.07) is 8.40. The lowest BCUT2D eigenvalue weighted by Crippen LogP contribution is -2.49. The van der Waals surface area contributed by atoms with Gasteiger partial charge in [0.1, 0.15) is 0 Å². The highest BCUT2D eigenvalue weighted by Gasteiger charge is 2.23. The van der Waals surface area contributed by atoms with E-state index in [1.165, 1.54) is 11.1 Å². The van der Waals surface area contributed by atoms with Crippen LogP contribution in [-0.4, -0.2) is 86.3 Å². The molecule has 0 unspecified atom stereocenters. The number of aryl methyl sites for hydroxylation is 1. The molecule has 0 bridgehead atoms. The molecule has 1 aromatic rings. The van der Waals surface area contributed by atoms with Crippen LogP contribution in [0.4, 0.5) is 4.79 Å². The normalized spacial score (nSPS) is 21.3. The molecule has 2 aliphatic rings. The molecule has 2 fully saturated rings. The summed E-state index contributed by atoms with van der Waals surface area (Å²) in [5, 5.41) is 3.13. The van der Waals surface area contributed by atoms with Gasteiger partial charge in [-0.05, 0) is 32.4 Å². The zero-order valence-corrected chi connectivity index (χ0v) is 16.8. The average molecular weight is 375 g/mol. The van der Waals surface area contributed by atoms with E-state index in [4.69, 9.17) is 4.74 Å². The minimum Gasteiger partial charge on any atom is -0.376 e. The van der Waals surface area contributed by atoms with Crippen LogP contribution in [-0.2, 0) is 11.3 Å². The Hall–Kier alpha value is -1.63. The number of hydrogen-bond acceptors (Lipinski definition) is 4. The van der Waals surface area contributed by atoms with Crippen molar-refractivity contribution in [1.29, 1.82) is 0 Å². The predicted molar refractivity (Wildman–Crippen MR) is 108 cm³/mol. The van der Waals surface area contributed by atoms with Gasteiger partial charge in [-0.25, -0.2) is 4.79 Å². The summed E-state index contributed by atoms with van der Waals surface area (Å²) < 4.78 is 5.77. The van der Waals surface area contributed by atoms with Gasteiger partial charge in [-0.15, -0.1) is 0 Å². The minimum absolute atomic E-state index is 0.0149. The number of amides is 2. The van der Waals surface area contributed by atoms with Gasteiger partial charge < -0.3 is 19.9 Å². The number of ether oxygens (including phenoxy) is 1. The molecule has 0 aromatic heterocycles. The van der Waals surface area contributed by atoms with Crippen molar-refractivity contribution in [2.75, 3.05) is 59.5 Å². The first-order valence-corrected chi connectivity index (χ1v) is 10.2. The van der Waals surface area contributed by atoms with E-state index in [1.807, 2.05) is 4.90 Å². The predicted octanol–water partition coefficient (Wildman–Crippen LogP) is 1.93. The van der Waals surface area contributed by atoms with Crippen LogP contribution in [0.5, 0.6) is 0 Å². The Bertz CT molecular complexity index is 596. The van der Waals surface area contributed by atoms with Gasteiger partial charge in [-0.2, -0.15) is 0 Å². The van der Waals surface area contributed by atoms with Gasteiger partial charge in [-0.1, -0.05) is 29.8 Å². The summed E-state index contributed by atoms with van der Waals surface area (Å²) in [5.74, 6) is 0. The van der Waals surface area contributed by atoms with E-state index in [0.29, 0.717) is 19.6 Å². The highest BCUT2D eigenvalue weighted by molar-refractivity contribution is 5.74. The average Bonchev–Trinajstić information content (AvgIpc) is 3.16. The second-order valence-electron chi connectivity index (χ2n) is 7.88. The first-order valence-electron chi connectivity index (χ1n) is 10.2. The number of nitrogens with one attached hydrogen (secondary N) is 1. The number of likely N-dealkylation sites (N-methyl/N-ethyl adjacent to an activating group) is 1. The topological polar surface area (TPSA) is 48.1 Å². The molecule has 150 valence electrons. The Balaban J connectivity index is 1.51. The van der Waals surface area contributed by atoms with Gasteiger partial charge in [0.15, 0.2) is 0 Å². The molecule has 0 saturated carbocycles. The van der Waals surface area contributed by atoms with Crippen molar-refractivity contribution < 1.29 is 9.53 Å². The molecule has 0 aliphatic carbocycles. The van der Waals surface area contributed by atoms with Crippen LogP contribution in [0.25, 0.3) is 0 Å². The van der Waals surface area contributed by atoms with Crippen molar-refractivity contribution in [3.05, 3.63) is 35.4 Å². The summed E-state index contributed by atoms with van der Waals surface area (Å²) in [6.07, 6.45) is 2.30. The van der Waals surface area contributed by atoms with Gasteiger partial charge in [0.2, 0.25) is 0 Å². The fraction of sp³-hybridized carbons (Fsp3) is 0.667. The standard InChI is InChI=1S/C21H34N4O2/c1-18-5-3-6-19(15-18)16-25(17-20-7-4-14-27-20)21(26)22-8-9-24-12-10-23(2)11-13-24/h3,5-6,15,20H,4,7-14,16-17H2,1-2H3,(H,22,26)/t20-/m0/s1. The minimum atomic E-state index is 0.0149. The van der Waals surface area contributed by atoms with Gasteiger partial charge in [0, 0.05) is 59.0 Å². The number of carbonyl (C=O) groups is 1. The van der Waals surface area contributed by atoms with Crippen LogP contribution < -0.4 is 5.32 Å². The van der Waals surface area contributed by atoms with Crippen LogP contribution in [0.3, 0.4) is 0 Å². The number of rotatable bonds is 7. The van der Waals surface area contributed by atoms with Gasteiger partial charge in [-0.3, -0.25) is 4.90 Å². The Labute approximate surface area is 163 Å². The third-order valence-electron chi connectivity index (χ3n) is 5.49. The highest BCUT2D eigenvalue weighted by Crippen LogP contribution is 2.16. The Kier molecular flexibility index (Phi) is 7.50. The first-order chi connectivity index (χ1) is 13.1. The molecule has 1 atom stereocenters. The molecule has 2 aliphatic heterocycles. The first kappa shape index (κ1) is 20.1. The monoisotopic (exact) mass is 374 g/mol. The quantitative estimate of drug-likeness (QED) is 0.792. The molecule has 2 saturated heterocycles. The molecule has 2 amide bonds. The van der Waals surface area contributed by atoms with Crippen molar-refractivity contribution in [2.24, 2.45) is 0 Å². The van der Waals surface area contributed by atoms with Crippen LogP contribution in [0.2, 0.25) is 0 Å². The van der Waals surface area contributed by atoms with E-state index < -0.39 is 0 Å². The highest BCUT2D eigenvalue weighted by atomic mass is 16.5. The maximum atomic E-state index is 12.8. The number of carbonyl (C=O) groups excluding carboxylic acids is 1. The van der Waals surface area contributed by atoms with Crippen molar-refractivity contribution in [3.63, 3.8) is 0 Å². The zero-order valence-electron chi connectivity index (χ0n) is 16.8. The molecule has 0 radical (unpaired) electrons. The van der Waals surface area contributed by atoms with Crippen molar-refractivity contribution in [3.8, 4) is 0 Å². The molecule has 3 rings (SSSR count). The van der Waals surface area contributed by atoms with Crippen LogP contribution >= 0.6 is 0 Å². The van der Waals surface area contributed by atoms with E-state index >= 15 is 0 Å². The number of piperazine rings is 1. The number of benzene rings is 1. The van der Waals surface area contributed by atoms with E-state index in [9.17, 15) is 4.79 Å². The Morgan fingerprint density at radius 1 is 1.30 bits per heavy atom. The third kappa shape index (κ3) is 6.48. The van der Waals surface area contributed by atoms with Crippen LogP contribution in [0.15, 0.2) is 24.3 Å². The number of nitrogens with zero attached hydrogens (tertiary/aromatic N) is 3. The third-order valence-corrected chi connectivity index (χ3v) is 5.49. The number of hydrogen-bond donors (Lipinski definition) is 1. The summed E-state index contributed by atoms with van der Waals surface area (Å²) in [5.41, 5.74) is 2.39. The molecule has 6 heteroatoms. The molecule has 6 nitrogen and oxygen atoms in total. The Morgan fingerprint density at radius 2 is 2.11 bits per heavy atom. The fourth-order valence-electron chi connectivity index (χ4n) is 3.79. The lowest BCUT2D eigenvalue weighted by atomic mass is 10.1. The van der Waals surface area contributed by atoms with Gasteiger partial charge in [0.05, 0.1) is 6.10 Å². The van der Waals surface area contributed by atoms with E-state index in [2.05, 4.69) is 53.4 Å². The summed E-state index contributed by atoms with van der Waals surface area (Å²) >= 11 is 0. The lowest BCUT2D eigenvalue weighted by Gasteiger charge is -2.32. The lowest BCUT2D eigenvalue weighted by molar-refractivity contribution is 0.0791. The van der Waals surface area contributed by atoms with Crippen LogP contribution in [0, 0.1) is 6.92 Å². The van der Waals surface area contributed by atoms with E-state index in [0.717, 1.165) is 52.2 Å². The largest absolute Gasteiger partial charge is 0.376 e. The molecule has 27 heavy (non-hydrogen) atoms. The second-order valence-corrected chi connectivity index (χ2v) is 7.88. The molecule has 0 spiro atoms. The van der Waals surface area contributed by atoms with E-state index in [1.54, 1.807) is 0 Å². The summed E-state index contributed by atoms with van der Waals surface area (Å²) in [6.45, 7) is 10.2. The van der Waals surface area contributed by atoms with Crippen molar-refractivity contribution >= 4 is 6.03 Å². The SMILES string of the molecule is Cc1cccc(CN(C[C@@H]2CCCO2)C(=O)NCCN2CCN(C)CC2)c1. The summed E-state index contributed by atoms with van der Waals surface area (Å²) in [7, 11) is 2.16.